The molecule has 3 heteroatoms. The molecule has 0 bridgehead atoms. The normalized spacial score (nSPS) is 13.2. The third-order valence-electron chi connectivity index (χ3n) is 0.994. The molecule has 62 valence electrons. The van der Waals surface area contributed by atoms with E-state index in [1.54, 1.807) is 6.92 Å². The minimum atomic E-state index is 0.431. The van der Waals surface area contributed by atoms with Gasteiger partial charge in [-0.15, -0.1) is 0 Å². The minimum Gasteiger partial charge on any atom is -0.468 e. The summed E-state index contributed by atoms with van der Waals surface area (Å²) in [5.41, 5.74) is 0. The second-order valence-corrected chi connectivity index (χ2v) is 1.85. The van der Waals surface area contributed by atoms with Gasteiger partial charge in [0.05, 0.1) is 6.61 Å². The molecule has 0 unspecified atom stereocenters. The van der Waals surface area contributed by atoms with E-state index in [2.05, 4.69) is 15.8 Å². The van der Waals surface area contributed by atoms with Crippen molar-refractivity contribution in [1.29, 1.82) is 0 Å². The van der Waals surface area contributed by atoms with Crippen LogP contribution in [0.15, 0.2) is 17.3 Å². The minimum absolute atomic E-state index is 0.431. The van der Waals surface area contributed by atoms with Crippen LogP contribution in [0.25, 0.3) is 0 Å². The summed E-state index contributed by atoms with van der Waals surface area (Å²) in [5.74, 6) is 0. The number of carbonyl (C=O) groups excluding carboxylic acids is 1. The van der Waals surface area contributed by atoms with Crippen molar-refractivity contribution in [3.8, 4) is 0 Å². The lowest BCUT2D eigenvalue weighted by molar-refractivity contribution is -0.128. The molecule has 0 saturated heterocycles. The number of hydrogen-bond donors (Lipinski definition) is 0. The summed E-state index contributed by atoms with van der Waals surface area (Å²) in [6.45, 7) is 2.66. The first-order valence-corrected chi connectivity index (χ1v) is 3.63. The summed E-state index contributed by atoms with van der Waals surface area (Å²) in [5, 5.41) is 0. The molecule has 0 atom stereocenters. The van der Waals surface area contributed by atoms with Crippen molar-refractivity contribution in [3.63, 3.8) is 0 Å². The van der Waals surface area contributed by atoms with Crippen molar-refractivity contribution in [2.45, 2.75) is 19.8 Å². The molecule has 0 spiro atoms. The van der Waals surface area contributed by atoms with E-state index < -0.39 is 0 Å². The van der Waals surface area contributed by atoms with Crippen molar-refractivity contribution in [1.82, 2.24) is 0 Å². The van der Waals surface area contributed by atoms with E-state index in [-0.39, 0.29) is 0 Å². The summed E-state index contributed by atoms with van der Waals surface area (Å²) in [6, 6.07) is 0. The first-order valence-electron chi connectivity index (χ1n) is 3.63. The second kappa shape index (κ2) is 8.88. The molecule has 0 saturated carbocycles. The topological polar surface area (TPSA) is 38.7 Å². The Morgan fingerprint density at radius 3 is 2.55 bits per heavy atom. The van der Waals surface area contributed by atoms with Crippen LogP contribution in [0.5, 0.6) is 0 Å². The predicted molar refractivity (Wildman–Crippen MR) is 44.6 cm³/mol. The number of allylic oxidation sites excluding steroid dienone is 1. The zero-order valence-corrected chi connectivity index (χ0v) is 6.69. The van der Waals surface area contributed by atoms with Crippen LogP contribution in [0.4, 0.5) is 0 Å². The second-order valence-electron chi connectivity index (χ2n) is 1.85. The Hall–Kier alpha value is -1.12. The molecule has 0 fully saturated rings. The van der Waals surface area contributed by atoms with Gasteiger partial charge in [0.1, 0.15) is 0 Å². The lowest BCUT2D eigenvalue weighted by Crippen LogP contribution is -1.80. The highest BCUT2D eigenvalue weighted by Crippen LogP contribution is 1.92. The Morgan fingerprint density at radius 1 is 1.64 bits per heavy atom. The van der Waals surface area contributed by atoms with Gasteiger partial charge in [0.2, 0.25) is 0 Å². The predicted octanol–water partition coefficient (Wildman–Crippen LogP) is 1.54. The van der Waals surface area contributed by atoms with Crippen molar-refractivity contribution in [2.75, 3.05) is 6.61 Å². The van der Waals surface area contributed by atoms with Gasteiger partial charge in [-0.2, -0.15) is 0 Å². The number of nitrogens with zero attached hydrogens (tertiary/aromatic N) is 1. The van der Waals surface area contributed by atoms with E-state index in [1.807, 2.05) is 12.4 Å². The Balaban J connectivity index is 0.000000187. The molecule has 0 amide bonds. The van der Waals surface area contributed by atoms with E-state index in [9.17, 15) is 4.79 Å². The third kappa shape index (κ3) is 8.88. The van der Waals surface area contributed by atoms with Crippen LogP contribution in [-0.4, -0.2) is 19.3 Å². The summed E-state index contributed by atoms with van der Waals surface area (Å²) in [4.78, 5) is 13.1. The van der Waals surface area contributed by atoms with Crippen LogP contribution >= 0.6 is 0 Å². The van der Waals surface area contributed by atoms with Crippen molar-refractivity contribution in [3.05, 3.63) is 12.3 Å². The van der Waals surface area contributed by atoms with Crippen molar-refractivity contribution >= 4 is 12.7 Å². The van der Waals surface area contributed by atoms with Crippen LogP contribution in [0.3, 0.4) is 0 Å². The Morgan fingerprint density at radius 2 is 2.45 bits per heavy atom. The zero-order chi connectivity index (χ0) is 8.36. The fourth-order valence-corrected chi connectivity index (χ4v) is 0.510. The van der Waals surface area contributed by atoms with Gasteiger partial charge in [0.25, 0.3) is 6.47 Å². The van der Waals surface area contributed by atoms with Gasteiger partial charge < -0.3 is 4.74 Å². The van der Waals surface area contributed by atoms with Gasteiger partial charge in [-0.1, -0.05) is 6.08 Å². The molecule has 1 aliphatic heterocycles. The largest absolute Gasteiger partial charge is 0.468 e. The molecule has 0 radical (unpaired) electrons. The average molecular weight is 155 g/mol. The van der Waals surface area contributed by atoms with Gasteiger partial charge in [-0.25, -0.2) is 0 Å². The molecule has 0 aromatic rings. The number of ether oxygens (including phenoxy) is 1. The summed E-state index contributed by atoms with van der Waals surface area (Å²) < 4.78 is 4.15. The highest BCUT2D eigenvalue weighted by molar-refractivity contribution is 5.59. The standard InChI is InChI=1S/C5H7N.C3H6O2/c1-2-4-6-5-3-1;1-2-5-3-4/h2,4-5H,1,3H2;3H,2H2,1H3. The smallest absolute Gasteiger partial charge is 0.293 e. The SMILES string of the molecule is C1=CN=CCC1.CCOC=O. The maximum atomic E-state index is 9.18. The maximum absolute atomic E-state index is 9.18. The van der Waals surface area contributed by atoms with Gasteiger partial charge in [-0.05, 0) is 19.8 Å². The van der Waals surface area contributed by atoms with Crippen LogP contribution in [0, 0.1) is 0 Å². The van der Waals surface area contributed by atoms with E-state index in [0.29, 0.717) is 13.1 Å². The van der Waals surface area contributed by atoms with Crippen LogP contribution in [-0.2, 0) is 9.53 Å². The van der Waals surface area contributed by atoms with Gasteiger partial charge >= 0.3 is 0 Å². The van der Waals surface area contributed by atoms with E-state index in [0.717, 1.165) is 6.42 Å². The third-order valence-corrected chi connectivity index (χ3v) is 0.994. The van der Waals surface area contributed by atoms with E-state index in [1.165, 1.54) is 6.42 Å². The molecule has 3 nitrogen and oxygen atoms in total. The Bertz CT molecular complexity index is 129. The molecule has 0 aliphatic carbocycles. The average Bonchev–Trinajstić information content (AvgIpc) is 2.10. The molecule has 1 heterocycles. The van der Waals surface area contributed by atoms with Crippen LogP contribution < -0.4 is 0 Å². The highest BCUT2D eigenvalue weighted by atomic mass is 16.5. The van der Waals surface area contributed by atoms with Crippen molar-refractivity contribution in [2.24, 2.45) is 4.99 Å². The first-order chi connectivity index (χ1) is 5.41. The molecular weight excluding hydrogens is 142 g/mol. The summed E-state index contributed by atoms with van der Waals surface area (Å²) in [7, 11) is 0. The Labute approximate surface area is 66.8 Å². The molecule has 0 aromatic heterocycles. The van der Waals surface area contributed by atoms with Crippen LogP contribution in [0.2, 0.25) is 0 Å². The number of carbonyl (C=O) groups is 1. The fourth-order valence-electron chi connectivity index (χ4n) is 0.510. The lowest BCUT2D eigenvalue weighted by atomic mass is 10.3. The molecule has 11 heavy (non-hydrogen) atoms. The van der Waals surface area contributed by atoms with E-state index >= 15 is 0 Å². The number of hydrogen-bond acceptors (Lipinski definition) is 3. The summed E-state index contributed by atoms with van der Waals surface area (Å²) in [6.07, 6.45) is 8.13. The van der Waals surface area contributed by atoms with Gasteiger partial charge in [0.15, 0.2) is 0 Å². The van der Waals surface area contributed by atoms with Crippen LogP contribution in [0.1, 0.15) is 19.8 Å². The molecule has 0 aromatic carbocycles. The van der Waals surface area contributed by atoms with Crippen molar-refractivity contribution < 1.29 is 9.53 Å². The molecular formula is C8H13NO2. The molecule has 1 aliphatic rings. The Kier molecular flexibility index (Phi) is 7.98. The van der Waals surface area contributed by atoms with E-state index in [4.69, 9.17) is 0 Å². The molecule has 0 N–H and O–H groups in total. The lowest BCUT2D eigenvalue weighted by Gasteiger charge is -1.87. The maximum Gasteiger partial charge on any atom is 0.293 e. The zero-order valence-electron chi connectivity index (χ0n) is 6.69. The van der Waals surface area contributed by atoms with Gasteiger partial charge in [0, 0.05) is 12.4 Å². The van der Waals surface area contributed by atoms with Gasteiger partial charge in [-0.3, -0.25) is 9.79 Å². The molecule has 1 rings (SSSR count). The highest BCUT2D eigenvalue weighted by Gasteiger charge is 1.78. The fraction of sp³-hybridized carbons (Fsp3) is 0.500. The number of rotatable bonds is 2. The first kappa shape index (κ1) is 9.88. The summed E-state index contributed by atoms with van der Waals surface area (Å²) >= 11 is 0. The quantitative estimate of drug-likeness (QED) is 0.567. The monoisotopic (exact) mass is 155 g/mol. The number of aliphatic imine (C=N–C) groups is 1.